The maximum atomic E-state index is 13.0. The Balaban J connectivity index is 1.54. The van der Waals surface area contributed by atoms with Gasteiger partial charge in [0.1, 0.15) is 23.8 Å². The fraction of sp³-hybridized carbons (Fsp3) is 0.120. The van der Waals surface area contributed by atoms with Crippen molar-refractivity contribution in [3.05, 3.63) is 111 Å². The Labute approximate surface area is 172 Å². The van der Waals surface area contributed by atoms with E-state index in [0.29, 0.717) is 22.5 Å². The predicted molar refractivity (Wildman–Crippen MR) is 113 cm³/mol. The fourth-order valence-corrected chi connectivity index (χ4v) is 3.28. The summed E-state index contributed by atoms with van der Waals surface area (Å²) in [4.78, 5) is 24.5. The molecule has 0 aliphatic heterocycles. The number of ketones is 1. The third-order valence-corrected chi connectivity index (χ3v) is 5.13. The first kappa shape index (κ1) is 19.6. The average Bonchev–Trinajstić information content (AvgIpc) is 2.75. The second kappa shape index (κ2) is 7.95. The van der Waals surface area contributed by atoms with Crippen LogP contribution in [0.5, 0.6) is 5.75 Å². The number of fused-ring (bicyclic) bond motifs is 1. The van der Waals surface area contributed by atoms with Crippen LogP contribution < -0.4 is 10.4 Å². The first-order chi connectivity index (χ1) is 14.4. The number of carbonyl (C=O) groups is 1. The average molecular weight is 402 g/mol. The minimum atomic E-state index is -0.421. The highest BCUT2D eigenvalue weighted by atomic mass is 19.1. The zero-order valence-electron chi connectivity index (χ0n) is 16.6. The predicted octanol–water partition coefficient (Wildman–Crippen LogP) is 5.36. The largest absolute Gasteiger partial charge is 0.489 e. The van der Waals surface area contributed by atoms with Gasteiger partial charge in [0.25, 0.3) is 0 Å². The number of halogens is 1. The number of benzene rings is 3. The van der Waals surface area contributed by atoms with Gasteiger partial charge in [0, 0.05) is 28.1 Å². The fourth-order valence-electron chi connectivity index (χ4n) is 3.28. The first-order valence-electron chi connectivity index (χ1n) is 9.48. The van der Waals surface area contributed by atoms with Gasteiger partial charge >= 0.3 is 5.63 Å². The molecule has 0 atom stereocenters. The monoisotopic (exact) mass is 402 g/mol. The standard InChI is InChI=1S/C25H19FO4/c1-15-3-12-22-19(13-23(27)30-25(22)16(15)2)14-29-21-10-6-18(7-11-21)24(28)17-4-8-20(26)9-5-17/h3-13H,14H2,1-2H3. The number of carbonyl (C=O) groups excluding carboxylic acids is 1. The molecule has 0 fully saturated rings. The molecule has 0 aliphatic carbocycles. The van der Waals surface area contributed by atoms with Crippen LogP contribution in [0.1, 0.15) is 32.6 Å². The molecule has 4 aromatic rings. The third kappa shape index (κ3) is 3.87. The summed E-state index contributed by atoms with van der Waals surface area (Å²) in [5.41, 5.74) is 3.75. The summed E-state index contributed by atoms with van der Waals surface area (Å²) in [5.74, 6) is -0.0157. The van der Waals surface area contributed by atoms with Gasteiger partial charge in [-0.05, 0) is 73.5 Å². The summed E-state index contributed by atoms with van der Waals surface area (Å²) in [6, 6.07) is 17.5. The zero-order valence-corrected chi connectivity index (χ0v) is 16.6. The Morgan fingerprint density at radius 1 is 0.933 bits per heavy atom. The lowest BCUT2D eigenvalue weighted by Crippen LogP contribution is -2.05. The van der Waals surface area contributed by atoms with E-state index in [2.05, 4.69) is 0 Å². The molecule has 0 radical (unpaired) electrons. The minimum absolute atomic E-state index is 0.190. The van der Waals surface area contributed by atoms with Crippen molar-refractivity contribution < 1.29 is 18.3 Å². The normalized spacial score (nSPS) is 10.9. The van der Waals surface area contributed by atoms with Crippen molar-refractivity contribution in [1.29, 1.82) is 0 Å². The van der Waals surface area contributed by atoms with E-state index in [1.807, 2.05) is 26.0 Å². The lowest BCUT2D eigenvalue weighted by atomic mass is 10.0. The molecule has 0 saturated carbocycles. The van der Waals surface area contributed by atoms with Gasteiger partial charge in [-0.1, -0.05) is 12.1 Å². The number of ether oxygens (including phenoxy) is 1. The van der Waals surface area contributed by atoms with Crippen molar-refractivity contribution in [1.82, 2.24) is 0 Å². The molecule has 3 aromatic carbocycles. The van der Waals surface area contributed by atoms with Gasteiger partial charge in [-0.3, -0.25) is 4.79 Å². The van der Waals surface area contributed by atoms with Crippen LogP contribution >= 0.6 is 0 Å². The molecule has 4 rings (SSSR count). The van der Waals surface area contributed by atoms with E-state index >= 15 is 0 Å². The summed E-state index contributed by atoms with van der Waals surface area (Å²) in [6.07, 6.45) is 0. The van der Waals surface area contributed by atoms with E-state index in [1.165, 1.54) is 30.3 Å². The van der Waals surface area contributed by atoms with Crippen LogP contribution in [0.2, 0.25) is 0 Å². The highest BCUT2D eigenvalue weighted by molar-refractivity contribution is 6.09. The lowest BCUT2D eigenvalue weighted by Gasteiger charge is -2.11. The van der Waals surface area contributed by atoms with Crippen LogP contribution in [-0.2, 0) is 6.61 Å². The van der Waals surface area contributed by atoms with Crippen molar-refractivity contribution in [2.45, 2.75) is 20.5 Å². The van der Waals surface area contributed by atoms with Crippen molar-refractivity contribution in [3.8, 4) is 5.75 Å². The van der Waals surface area contributed by atoms with Gasteiger partial charge in [-0.2, -0.15) is 0 Å². The maximum absolute atomic E-state index is 13.0. The minimum Gasteiger partial charge on any atom is -0.489 e. The zero-order chi connectivity index (χ0) is 21.3. The van der Waals surface area contributed by atoms with Gasteiger partial charge in [0.15, 0.2) is 5.78 Å². The Morgan fingerprint density at radius 3 is 2.23 bits per heavy atom. The Hall–Kier alpha value is -3.73. The molecule has 0 spiro atoms. The summed E-state index contributed by atoms with van der Waals surface area (Å²) >= 11 is 0. The number of hydrogen-bond acceptors (Lipinski definition) is 4. The van der Waals surface area contributed by atoms with E-state index in [0.717, 1.165) is 22.1 Å². The van der Waals surface area contributed by atoms with Gasteiger partial charge in [-0.25, -0.2) is 9.18 Å². The van der Waals surface area contributed by atoms with Crippen LogP contribution in [0.15, 0.2) is 75.9 Å². The van der Waals surface area contributed by atoms with E-state index in [4.69, 9.17) is 9.15 Å². The molecule has 0 saturated heterocycles. The topological polar surface area (TPSA) is 56.5 Å². The van der Waals surface area contributed by atoms with Gasteiger partial charge in [-0.15, -0.1) is 0 Å². The molecule has 0 amide bonds. The quantitative estimate of drug-likeness (QED) is 0.333. The maximum Gasteiger partial charge on any atom is 0.336 e. The van der Waals surface area contributed by atoms with E-state index in [9.17, 15) is 14.0 Å². The van der Waals surface area contributed by atoms with Gasteiger partial charge in [0.2, 0.25) is 0 Å². The second-order valence-corrected chi connectivity index (χ2v) is 7.12. The van der Waals surface area contributed by atoms with Gasteiger partial charge in [0.05, 0.1) is 0 Å². The smallest absolute Gasteiger partial charge is 0.336 e. The summed E-state index contributed by atoms with van der Waals surface area (Å²) < 4.78 is 24.3. The highest BCUT2D eigenvalue weighted by Crippen LogP contribution is 2.24. The number of aryl methyl sites for hydroxylation is 2. The molecular formula is C25H19FO4. The van der Waals surface area contributed by atoms with Crippen LogP contribution in [0.4, 0.5) is 4.39 Å². The van der Waals surface area contributed by atoms with Crippen molar-refractivity contribution in [2.24, 2.45) is 0 Å². The molecule has 150 valence electrons. The lowest BCUT2D eigenvalue weighted by molar-refractivity contribution is 0.103. The summed E-state index contributed by atoms with van der Waals surface area (Å²) in [5, 5.41) is 0.834. The van der Waals surface area contributed by atoms with E-state index in [-0.39, 0.29) is 18.2 Å². The molecule has 0 aliphatic rings. The van der Waals surface area contributed by atoms with E-state index in [1.54, 1.807) is 24.3 Å². The molecule has 30 heavy (non-hydrogen) atoms. The Bertz CT molecular complexity index is 1290. The highest BCUT2D eigenvalue weighted by Gasteiger charge is 2.12. The molecule has 1 aromatic heterocycles. The summed E-state index contributed by atoms with van der Waals surface area (Å²) in [7, 11) is 0. The van der Waals surface area contributed by atoms with Crippen molar-refractivity contribution in [3.63, 3.8) is 0 Å². The van der Waals surface area contributed by atoms with Crippen molar-refractivity contribution >= 4 is 16.8 Å². The molecule has 4 nitrogen and oxygen atoms in total. The van der Waals surface area contributed by atoms with Crippen LogP contribution in [0, 0.1) is 19.7 Å². The number of rotatable bonds is 5. The number of hydrogen-bond donors (Lipinski definition) is 0. The van der Waals surface area contributed by atoms with Crippen LogP contribution in [-0.4, -0.2) is 5.78 Å². The SMILES string of the molecule is Cc1ccc2c(COc3ccc(C(=O)c4ccc(F)cc4)cc3)cc(=O)oc2c1C. The first-order valence-corrected chi connectivity index (χ1v) is 9.48. The van der Waals surface area contributed by atoms with E-state index < -0.39 is 5.63 Å². The molecule has 0 N–H and O–H groups in total. The summed E-state index contributed by atoms with van der Waals surface area (Å²) in [6.45, 7) is 4.07. The molecule has 1 heterocycles. The second-order valence-electron chi connectivity index (χ2n) is 7.12. The Kier molecular flexibility index (Phi) is 5.19. The Morgan fingerprint density at radius 2 is 1.57 bits per heavy atom. The van der Waals surface area contributed by atoms with Crippen molar-refractivity contribution in [2.75, 3.05) is 0 Å². The van der Waals surface area contributed by atoms with Gasteiger partial charge < -0.3 is 9.15 Å². The molecular weight excluding hydrogens is 383 g/mol. The van der Waals surface area contributed by atoms with Crippen LogP contribution in [0.25, 0.3) is 11.0 Å². The molecule has 5 heteroatoms. The molecule has 0 unspecified atom stereocenters. The van der Waals surface area contributed by atoms with Crippen LogP contribution in [0.3, 0.4) is 0 Å². The molecule has 0 bridgehead atoms. The third-order valence-electron chi connectivity index (χ3n) is 5.13.